The maximum atomic E-state index is 14.6. The van der Waals surface area contributed by atoms with Crippen LogP contribution < -0.4 is 4.74 Å². The molecule has 0 aromatic heterocycles. The Morgan fingerprint density at radius 3 is 2.35 bits per heavy atom. The zero-order valence-corrected chi connectivity index (χ0v) is 19.0. The van der Waals surface area contributed by atoms with Crippen molar-refractivity contribution in [1.82, 2.24) is 0 Å². The van der Waals surface area contributed by atoms with Gasteiger partial charge in [-0.25, -0.2) is 13.2 Å². The van der Waals surface area contributed by atoms with Gasteiger partial charge in [0, 0.05) is 11.6 Å². The quantitative estimate of drug-likeness (QED) is 0.204. The number of hydrogen-bond acceptors (Lipinski definition) is 1. The average molecular weight is 459 g/mol. The van der Waals surface area contributed by atoms with Crippen LogP contribution in [0.15, 0.2) is 72.8 Å². The lowest BCUT2D eigenvalue weighted by Crippen LogP contribution is -2.00. The molecule has 4 heteroatoms. The van der Waals surface area contributed by atoms with Gasteiger partial charge in [-0.1, -0.05) is 49.5 Å². The fraction of sp³-hybridized carbons (Fsp3) is 0.200. The Morgan fingerprint density at radius 1 is 0.735 bits per heavy atom. The molecule has 0 atom stereocenters. The molecule has 34 heavy (non-hydrogen) atoms. The topological polar surface area (TPSA) is 9.23 Å². The highest BCUT2D eigenvalue weighted by atomic mass is 19.1. The van der Waals surface area contributed by atoms with Gasteiger partial charge < -0.3 is 4.74 Å². The summed E-state index contributed by atoms with van der Waals surface area (Å²) >= 11 is 0. The largest absolute Gasteiger partial charge is 0.493 e. The van der Waals surface area contributed by atoms with Gasteiger partial charge in [0.25, 0.3) is 0 Å². The first-order valence-corrected chi connectivity index (χ1v) is 11.4. The number of aryl methyl sites for hydroxylation is 2. The lowest BCUT2D eigenvalue weighted by atomic mass is 10.0. The molecule has 0 N–H and O–H groups in total. The zero-order valence-electron chi connectivity index (χ0n) is 19.0. The van der Waals surface area contributed by atoms with Crippen molar-refractivity contribution in [3.63, 3.8) is 0 Å². The molecule has 0 spiro atoms. The number of ether oxygens (including phenoxy) is 1. The number of unbranched alkanes of at least 4 members (excludes halogenated alkanes) is 1. The lowest BCUT2D eigenvalue weighted by Gasteiger charge is -2.08. The van der Waals surface area contributed by atoms with Gasteiger partial charge in [0.15, 0.2) is 0 Å². The van der Waals surface area contributed by atoms with Gasteiger partial charge in [0.2, 0.25) is 0 Å². The highest BCUT2D eigenvalue weighted by Crippen LogP contribution is 2.20. The molecule has 0 saturated heterocycles. The van der Waals surface area contributed by atoms with Gasteiger partial charge in [-0.05, 0) is 83.6 Å². The van der Waals surface area contributed by atoms with Crippen LogP contribution in [0, 0.1) is 29.3 Å². The minimum atomic E-state index is -0.409. The summed E-state index contributed by atoms with van der Waals surface area (Å²) in [6, 6.07) is 19.8. The van der Waals surface area contributed by atoms with Crippen LogP contribution in [0.1, 0.15) is 42.0 Å². The molecule has 0 radical (unpaired) electrons. The van der Waals surface area contributed by atoms with Gasteiger partial charge >= 0.3 is 0 Å². The van der Waals surface area contributed by atoms with Crippen molar-refractivity contribution in [2.45, 2.75) is 32.6 Å². The molecule has 172 valence electrons. The molecule has 0 aliphatic heterocycles. The van der Waals surface area contributed by atoms with Crippen molar-refractivity contribution in [3.8, 4) is 17.6 Å². The molecule has 0 bridgehead atoms. The minimum absolute atomic E-state index is 0.287. The summed E-state index contributed by atoms with van der Waals surface area (Å²) in [5, 5.41) is 1.66. The van der Waals surface area contributed by atoms with Crippen LogP contribution in [-0.4, -0.2) is 6.61 Å². The number of halogens is 3. The van der Waals surface area contributed by atoms with Crippen LogP contribution >= 0.6 is 0 Å². The fourth-order valence-corrected chi connectivity index (χ4v) is 3.68. The third-order valence-corrected chi connectivity index (χ3v) is 5.65. The molecule has 0 aliphatic carbocycles. The molecule has 0 heterocycles. The second-order valence-corrected chi connectivity index (χ2v) is 8.23. The van der Waals surface area contributed by atoms with E-state index in [-0.39, 0.29) is 11.6 Å². The van der Waals surface area contributed by atoms with E-state index >= 15 is 0 Å². The Kier molecular flexibility index (Phi) is 7.54. The van der Waals surface area contributed by atoms with E-state index in [2.05, 4.69) is 18.8 Å². The van der Waals surface area contributed by atoms with E-state index in [9.17, 15) is 13.2 Å². The highest BCUT2D eigenvalue weighted by molar-refractivity contribution is 5.84. The van der Waals surface area contributed by atoms with Crippen molar-refractivity contribution in [2.24, 2.45) is 0 Å². The third kappa shape index (κ3) is 5.99. The first-order valence-electron chi connectivity index (χ1n) is 11.4. The second kappa shape index (κ2) is 10.9. The molecule has 0 aliphatic rings. The second-order valence-electron chi connectivity index (χ2n) is 8.23. The molecule has 0 fully saturated rings. The van der Waals surface area contributed by atoms with E-state index in [1.165, 1.54) is 24.3 Å². The smallest absolute Gasteiger partial charge is 0.139 e. The molecular weight excluding hydrogens is 433 g/mol. The normalized spacial score (nSPS) is 10.7. The standard InChI is InChI=1S/C30H25F3O/c1-2-3-16-34-28-15-13-24(30(33)20-28)10-6-22-5-9-23(29(32)18-22)8-4-21-7-11-26-19-27(31)14-12-25(26)17-21/h5,7,9,11-15,17-20H,2-3,6,10,16H2,1H3. The summed E-state index contributed by atoms with van der Waals surface area (Å²) in [4.78, 5) is 0. The van der Waals surface area contributed by atoms with Crippen LogP contribution in [0.2, 0.25) is 0 Å². The van der Waals surface area contributed by atoms with Gasteiger partial charge in [0.1, 0.15) is 23.2 Å². The molecule has 0 unspecified atom stereocenters. The lowest BCUT2D eigenvalue weighted by molar-refractivity contribution is 0.307. The average Bonchev–Trinajstić information content (AvgIpc) is 2.83. The first kappa shape index (κ1) is 23.4. The minimum Gasteiger partial charge on any atom is -0.493 e. The Hall–Kier alpha value is -3.71. The Labute approximate surface area is 198 Å². The van der Waals surface area contributed by atoms with Crippen molar-refractivity contribution in [2.75, 3.05) is 6.61 Å². The Bertz CT molecular complexity index is 1360. The molecule has 0 amide bonds. The first-order chi connectivity index (χ1) is 16.5. The molecular formula is C30H25F3O. The molecule has 0 saturated carbocycles. The van der Waals surface area contributed by atoms with Crippen LogP contribution in [0.25, 0.3) is 10.8 Å². The van der Waals surface area contributed by atoms with E-state index in [4.69, 9.17) is 4.74 Å². The Balaban J connectivity index is 1.41. The van der Waals surface area contributed by atoms with Crippen LogP contribution in [-0.2, 0) is 12.8 Å². The maximum Gasteiger partial charge on any atom is 0.139 e. The Morgan fingerprint density at radius 2 is 1.56 bits per heavy atom. The fourth-order valence-electron chi connectivity index (χ4n) is 3.68. The summed E-state index contributed by atoms with van der Waals surface area (Å²) in [5.41, 5.74) is 2.37. The summed E-state index contributed by atoms with van der Waals surface area (Å²) in [6.45, 7) is 2.65. The monoisotopic (exact) mass is 458 g/mol. The van der Waals surface area contributed by atoms with Gasteiger partial charge in [0.05, 0.1) is 12.2 Å². The van der Waals surface area contributed by atoms with Crippen molar-refractivity contribution >= 4 is 10.8 Å². The predicted octanol–water partition coefficient (Wildman–Crippen LogP) is 7.62. The summed E-state index contributed by atoms with van der Waals surface area (Å²) in [6.07, 6.45) is 2.92. The van der Waals surface area contributed by atoms with Gasteiger partial charge in [-0.15, -0.1) is 0 Å². The van der Waals surface area contributed by atoms with E-state index in [0.29, 0.717) is 36.3 Å². The number of benzene rings is 4. The zero-order chi connectivity index (χ0) is 23.9. The maximum absolute atomic E-state index is 14.6. The van der Waals surface area contributed by atoms with Gasteiger partial charge in [-0.2, -0.15) is 0 Å². The SMILES string of the molecule is CCCCOc1ccc(CCc2ccc(C#Cc3ccc4cc(F)ccc4c3)c(F)c2)c(F)c1. The highest BCUT2D eigenvalue weighted by Gasteiger charge is 2.07. The van der Waals surface area contributed by atoms with E-state index in [1.807, 2.05) is 12.1 Å². The third-order valence-electron chi connectivity index (χ3n) is 5.65. The summed E-state index contributed by atoms with van der Waals surface area (Å²) < 4.78 is 47.9. The molecule has 1 nitrogen and oxygen atoms in total. The van der Waals surface area contributed by atoms with E-state index in [1.54, 1.807) is 36.4 Å². The van der Waals surface area contributed by atoms with Crippen molar-refractivity contribution in [3.05, 3.63) is 113 Å². The van der Waals surface area contributed by atoms with Crippen LogP contribution in [0.4, 0.5) is 13.2 Å². The number of fused-ring (bicyclic) bond motifs is 1. The van der Waals surface area contributed by atoms with E-state index < -0.39 is 5.82 Å². The predicted molar refractivity (Wildman–Crippen MR) is 130 cm³/mol. The van der Waals surface area contributed by atoms with Crippen LogP contribution in [0.5, 0.6) is 5.75 Å². The van der Waals surface area contributed by atoms with E-state index in [0.717, 1.165) is 34.7 Å². The summed E-state index contributed by atoms with van der Waals surface area (Å²) in [7, 11) is 0. The van der Waals surface area contributed by atoms with Gasteiger partial charge in [-0.3, -0.25) is 0 Å². The van der Waals surface area contributed by atoms with Crippen molar-refractivity contribution < 1.29 is 17.9 Å². The van der Waals surface area contributed by atoms with Crippen LogP contribution in [0.3, 0.4) is 0 Å². The number of hydrogen-bond donors (Lipinski definition) is 0. The summed E-state index contributed by atoms with van der Waals surface area (Å²) in [5.74, 6) is 5.36. The van der Waals surface area contributed by atoms with Crippen molar-refractivity contribution in [1.29, 1.82) is 0 Å². The number of rotatable bonds is 7. The molecule has 4 rings (SSSR count). The molecule has 4 aromatic carbocycles. The molecule has 4 aromatic rings.